The van der Waals surface area contributed by atoms with Crippen LogP contribution in [0.1, 0.15) is 6.42 Å². The highest BCUT2D eigenvalue weighted by molar-refractivity contribution is 7.80. The fraction of sp³-hybridized carbons (Fsp3) is 0.692. The molecule has 132 valence electrons. The van der Waals surface area contributed by atoms with E-state index in [0.29, 0.717) is 0 Å². The van der Waals surface area contributed by atoms with Crippen LogP contribution in [-0.2, 0) is 19.2 Å². The number of amides is 4. The van der Waals surface area contributed by atoms with Crippen LogP contribution in [0.25, 0.3) is 0 Å². The molecule has 23 heavy (non-hydrogen) atoms. The lowest BCUT2D eigenvalue weighted by molar-refractivity contribution is -0.137. The molecule has 2 N–H and O–H groups in total. The van der Waals surface area contributed by atoms with Crippen molar-refractivity contribution in [2.75, 3.05) is 39.7 Å². The first-order valence-electron chi connectivity index (χ1n) is 6.86. The van der Waals surface area contributed by atoms with Crippen molar-refractivity contribution in [2.45, 2.75) is 18.5 Å². The van der Waals surface area contributed by atoms with Crippen LogP contribution < -0.4 is 10.6 Å². The Morgan fingerprint density at radius 1 is 0.783 bits per heavy atom. The zero-order valence-electron chi connectivity index (χ0n) is 13.7. The predicted octanol–water partition coefficient (Wildman–Crippen LogP) is -1.62. The third-order valence-electron chi connectivity index (χ3n) is 2.83. The molecule has 2 unspecified atom stereocenters. The standard InChI is InChI=1S/C13H24N4O4S2/c1-16(2)12(20)8(6-22)14-10(18)5-11(19)15-9(7-23)13(21)17(3)4/h8-9,22-23H,5-7H2,1-4H3,(H,14,18)(H,15,19). The maximum absolute atomic E-state index is 11.8. The largest absolute Gasteiger partial charge is 0.347 e. The third kappa shape index (κ3) is 7.60. The average molecular weight is 364 g/mol. The summed E-state index contributed by atoms with van der Waals surface area (Å²) in [5.41, 5.74) is 0. The van der Waals surface area contributed by atoms with Gasteiger partial charge in [0, 0.05) is 39.7 Å². The molecule has 2 atom stereocenters. The van der Waals surface area contributed by atoms with Crippen molar-refractivity contribution in [3.8, 4) is 0 Å². The molecule has 0 radical (unpaired) electrons. The molecular formula is C13H24N4O4S2. The van der Waals surface area contributed by atoms with Gasteiger partial charge in [-0.3, -0.25) is 19.2 Å². The van der Waals surface area contributed by atoms with Gasteiger partial charge in [-0.05, 0) is 0 Å². The fourth-order valence-electron chi connectivity index (χ4n) is 1.63. The van der Waals surface area contributed by atoms with Gasteiger partial charge in [0.15, 0.2) is 0 Å². The molecule has 0 aliphatic carbocycles. The Morgan fingerprint density at radius 2 is 1.09 bits per heavy atom. The lowest BCUT2D eigenvalue weighted by Crippen LogP contribution is -2.50. The number of hydrogen-bond acceptors (Lipinski definition) is 6. The van der Waals surface area contributed by atoms with Gasteiger partial charge in [0.1, 0.15) is 18.5 Å². The van der Waals surface area contributed by atoms with Crippen molar-refractivity contribution in [3.63, 3.8) is 0 Å². The van der Waals surface area contributed by atoms with Gasteiger partial charge in [0.2, 0.25) is 23.6 Å². The SMILES string of the molecule is CN(C)C(=O)C(CS)NC(=O)CC(=O)NC(CS)C(=O)N(C)C. The smallest absolute Gasteiger partial charge is 0.245 e. The van der Waals surface area contributed by atoms with Gasteiger partial charge in [-0.15, -0.1) is 0 Å². The normalized spacial score (nSPS) is 12.8. The minimum absolute atomic E-state index is 0.114. The van der Waals surface area contributed by atoms with Crippen molar-refractivity contribution in [1.82, 2.24) is 20.4 Å². The molecule has 0 aromatic rings. The van der Waals surface area contributed by atoms with E-state index in [-0.39, 0.29) is 23.3 Å². The number of nitrogens with zero attached hydrogens (tertiary/aromatic N) is 2. The van der Waals surface area contributed by atoms with Crippen molar-refractivity contribution >= 4 is 48.9 Å². The topological polar surface area (TPSA) is 98.8 Å². The van der Waals surface area contributed by atoms with Crippen LogP contribution in [0.15, 0.2) is 0 Å². The fourth-order valence-corrected chi connectivity index (χ4v) is 2.13. The molecule has 0 aromatic carbocycles. The lowest BCUT2D eigenvalue weighted by atomic mass is 10.2. The van der Waals surface area contributed by atoms with Crippen LogP contribution in [-0.4, -0.2) is 85.2 Å². The quantitative estimate of drug-likeness (QED) is 0.307. The van der Waals surface area contributed by atoms with Crippen molar-refractivity contribution in [2.24, 2.45) is 0 Å². The number of rotatable bonds is 8. The second kappa shape index (κ2) is 10.4. The van der Waals surface area contributed by atoms with Crippen LogP contribution in [0, 0.1) is 0 Å². The minimum atomic E-state index is -0.808. The Bertz CT molecular complexity index is 417. The Kier molecular flexibility index (Phi) is 9.73. The maximum Gasteiger partial charge on any atom is 0.245 e. The third-order valence-corrected chi connectivity index (χ3v) is 3.56. The molecule has 0 spiro atoms. The van der Waals surface area contributed by atoms with E-state index >= 15 is 0 Å². The summed E-state index contributed by atoms with van der Waals surface area (Å²) in [6.07, 6.45) is -0.490. The number of hydrogen-bond donors (Lipinski definition) is 4. The van der Waals surface area contributed by atoms with Gasteiger partial charge in [-0.25, -0.2) is 0 Å². The summed E-state index contributed by atoms with van der Waals surface area (Å²) in [7, 11) is 6.23. The molecule has 0 saturated carbocycles. The number of thiol groups is 2. The Hall–Kier alpha value is -1.42. The van der Waals surface area contributed by atoms with E-state index in [9.17, 15) is 19.2 Å². The molecule has 0 aliphatic rings. The number of likely N-dealkylation sites (N-methyl/N-ethyl adjacent to an activating group) is 2. The first-order valence-corrected chi connectivity index (χ1v) is 8.13. The number of carbonyl (C=O) groups excluding carboxylic acids is 4. The van der Waals surface area contributed by atoms with Gasteiger partial charge in [-0.1, -0.05) is 0 Å². The second-order valence-electron chi connectivity index (χ2n) is 5.25. The highest BCUT2D eigenvalue weighted by atomic mass is 32.1. The summed E-state index contributed by atoms with van der Waals surface area (Å²) in [4.78, 5) is 49.9. The zero-order valence-corrected chi connectivity index (χ0v) is 15.5. The Labute approximate surface area is 147 Å². The monoisotopic (exact) mass is 364 g/mol. The van der Waals surface area contributed by atoms with E-state index in [1.807, 2.05) is 0 Å². The lowest BCUT2D eigenvalue weighted by Gasteiger charge is -2.21. The number of carbonyl (C=O) groups is 4. The van der Waals surface area contributed by atoms with Gasteiger partial charge < -0.3 is 20.4 Å². The maximum atomic E-state index is 11.8. The first kappa shape index (κ1) is 21.6. The molecule has 0 heterocycles. The van der Waals surface area contributed by atoms with Crippen LogP contribution in [0.3, 0.4) is 0 Å². The summed E-state index contributed by atoms with van der Waals surface area (Å²) >= 11 is 8.02. The zero-order chi connectivity index (χ0) is 18.2. The molecule has 10 heteroatoms. The Morgan fingerprint density at radius 3 is 1.30 bits per heavy atom. The average Bonchev–Trinajstić information content (AvgIpc) is 2.48. The molecule has 0 aliphatic heterocycles. The summed E-state index contributed by atoms with van der Waals surface area (Å²) in [5.74, 6) is -1.64. The molecule has 0 aromatic heterocycles. The van der Waals surface area contributed by atoms with Gasteiger partial charge in [0.05, 0.1) is 0 Å². The van der Waals surface area contributed by atoms with Crippen LogP contribution in [0.2, 0.25) is 0 Å². The van der Waals surface area contributed by atoms with Crippen molar-refractivity contribution in [1.29, 1.82) is 0 Å². The molecule has 0 bridgehead atoms. The van der Waals surface area contributed by atoms with Gasteiger partial charge in [0.25, 0.3) is 0 Å². The van der Waals surface area contributed by atoms with E-state index in [0.717, 1.165) is 0 Å². The molecular weight excluding hydrogens is 340 g/mol. The first-order chi connectivity index (χ1) is 10.6. The number of nitrogens with one attached hydrogen (secondary N) is 2. The molecule has 0 rings (SSSR count). The van der Waals surface area contributed by atoms with E-state index in [2.05, 4.69) is 35.9 Å². The van der Waals surface area contributed by atoms with Crippen molar-refractivity contribution < 1.29 is 19.2 Å². The summed E-state index contributed by atoms with van der Waals surface area (Å²) in [6.45, 7) is 0. The molecule has 0 fully saturated rings. The van der Waals surface area contributed by atoms with E-state index in [1.165, 1.54) is 9.80 Å². The van der Waals surface area contributed by atoms with E-state index in [4.69, 9.17) is 0 Å². The second-order valence-corrected chi connectivity index (χ2v) is 5.98. The summed E-state index contributed by atoms with van der Waals surface area (Å²) in [5, 5.41) is 4.88. The molecule has 8 nitrogen and oxygen atoms in total. The van der Waals surface area contributed by atoms with Gasteiger partial charge in [-0.2, -0.15) is 25.3 Å². The van der Waals surface area contributed by atoms with Crippen LogP contribution in [0.5, 0.6) is 0 Å². The predicted molar refractivity (Wildman–Crippen MR) is 93.6 cm³/mol. The van der Waals surface area contributed by atoms with E-state index < -0.39 is 30.3 Å². The van der Waals surface area contributed by atoms with Gasteiger partial charge >= 0.3 is 0 Å². The van der Waals surface area contributed by atoms with E-state index in [1.54, 1.807) is 28.2 Å². The highest BCUT2D eigenvalue weighted by Crippen LogP contribution is 1.97. The highest BCUT2D eigenvalue weighted by Gasteiger charge is 2.24. The van der Waals surface area contributed by atoms with Crippen molar-refractivity contribution in [3.05, 3.63) is 0 Å². The Balaban J connectivity index is 4.57. The van der Waals surface area contributed by atoms with Crippen LogP contribution >= 0.6 is 25.3 Å². The molecule has 4 amide bonds. The summed E-state index contributed by atoms with van der Waals surface area (Å²) in [6, 6.07) is -1.62. The molecule has 0 saturated heterocycles. The minimum Gasteiger partial charge on any atom is -0.347 e. The van der Waals surface area contributed by atoms with Crippen LogP contribution in [0.4, 0.5) is 0 Å². The summed E-state index contributed by atoms with van der Waals surface area (Å²) < 4.78 is 0.